The van der Waals surface area contributed by atoms with Crippen molar-refractivity contribution in [3.8, 4) is 67.3 Å². The van der Waals surface area contributed by atoms with Gasteiger partial charge in [0.2, 0.25) is 0 Å². The predicted octanol–water partition coefficient (Wildman–Crippen LogP) is 15.0. The first kappa shape index (κ1) is 36.2. The zero-order chi connectivity index (χ0) is 41.4. The van der Waals surface area contributed by atoms with Gasteiger partial charge in [0.25, 0.3) is 0 Å². The van der Waals surface area contributed by atoms with Crippen LogP contribution in [0.2, 0.25) is 0 Å². The normalized spacial score (nSPS) is 13.9. The highest BCUT2D eigenvalue weighted by Crippen LogP contribution is 2.57. The number of nitrogens with zero attached hydrogens (tertiary/aromatic N) is 2. The van der Waals surface area contributed by atoms with Gasteiger partial charge in [0.1, 0.15) is 0 Å². The molecule has 292 valence electrons. The maximum absolute atomic E-state index is 5.50. The highest BCUT2D eigenvalue weighted by atomic mass is 14.9. The zero-order valence-corrected chi connectivity index (χ0v) is 34.7. The summed E-state index contributed by atoms with van der Waals surface area (Å²) in [5.74, 6) is 0.704. The van der Waals surface area contributed by atoms with Gasteiger partial charge in [0.15, 0.2) is 5.82 Å². The summed E-state index contributed by atoms with van der Waals surface area (Å²) in [5, 5.41) is 2.31. The topological polar surface area (TPSA) is 25.8 Å². The Bertz CT molecular complexity index is 3330. The maximum Gasteiger partial charge on any atom is 0.161 e. The lowest BCUT2D eigenvalue weighted by atomic mass is 9.67. The van der Waals surface area contributed by atoms with Gasteiger partial charge in [-0.15, -0.1) is 0 Å². The first-order chi connectivity index (χ1) is 30.5. The molecule has 2 aliphatic rings. The van der Waals surface area contributed by atoms with Crippen LogP contribution in [-0.2, 0) is 10.8 Å². The molecule has 0 N–H and O–H groups in total. The van der Waals surface area contributed by atoms with E-state index in [1.165, 1.54) is 72.1 Å². The van der Waals surface area contributed by atoms with Gasteiger partial charge < -0.3 is 0 Å². The van der Waals surface area contributed by atoms with Crippen molar-refractivity contribution in [3.63, 3.8) is 0 Å². The van der Waals surface area contributed by atoms with Crippen LogP contribution in [0, 0.1) is 0 Å². The second kappa shape index (κ2) is 13.9. The van der Waals surface area contributed by atoms with Crippen LogP contribution in [0.4, 0.5) is 0 Å². The Hall–Kier alpha value is -7.68. The zero-order valence-electron chi connectivity index (χ0n) is 34.7. The molecule has 0 saturated heterocycles. The predicted molar refractivity (Wildman–Crippen MR) is 256 cm³/mol. The Kier molecular flexibility index (Phi) is 8.14. The van der Waals surface area contributed by atoms with Crippen molar-refractivity contribution in [2.75, 3.05) is 0 Å². The molecule has 0 bridgehead atoms. The average molecular weight is 791 g/mol. The monoisotopic (exact) mass is 790 g/mol. The van der Waals surface area contributed by atoms with Crippen molar-refractivity contribution in [2.24, 2.45) is 0 Å². The van der Waals surface area contributed by atoms with E-state index < -0.39 is 5.41 Å². The molecule has 0 saturated carbocycles. The molecule has 10 aromatic rings. The van der Waals surface area contributed by atoms with Gasteiger partial charge in [-0.05, 0) is 102 Å². The van der Waals surface area contributed by atoms with Gasteiger partial charge in [-0.3, -0.25) is 0 Å². The van der Waals surface area contributed by atoms with Gasteiger partial charge >= 0.3 is 0 Å². The van der Waals surface area contributed by atoms with E-state index in [2.05, 4.69) is 232 Å². The second-order valence-corrected chi connectivity index (χ2v) is 17.3. The van der Waals surface area contributed by atoms with Gasteiger partial charge in [-0.1, -0.05) is 208 Å². The summed E-state index contributed by atoms with van der Waals surface area (Å²) in [5.41, 5.74) is 19.7. The van der Waals surface area contributed by atoms with Crippen LogP contribution in [0.5, 0.6) is 0 Å². The number of fused-ring (bicyclic) bond motifs is 7. The molecule has 0 unspecified atom stereocenters. The van der Waals surface area contributed by atoms with Crippen LogP contribution < -0.4 is 0 Å². The first-order valence-corrected chi connectivity index (χ1v) is 21.6. The molecule has 12 rings (SSSR count). The van der Waals surface area contributed by atoms with Crippen LogP contribution >= 0.6 is 0 Å². The fourth-order valence-electron chi connectivity index (χ4n) is 10.7. The molecule has 2 heteroatoms. The summed E-state index contributed by atoms with van der Waals surface area (Å²) in [4.78, 5) is 10.9. The van der Waals surface area contributed by atoms with Crippen LogP contribution in [0.1, 0.15) is 47.2 Å². The number of hydrogen-bond donors (Lipinski definition) is 0. The van der Waals surface area contributed by atoms with E-state index in [4.69, 9.17) is 9.97 Å². The van der Waals surface area contributed by atoms with E-state index in [0.717, 1.165) is 33.5 Å². The Morgan fingerprint density at radius 3 is 1.44 bits per heavy atom. The van der Waals surface area contributed by atoms with Crippen molar-refractivity contribution in [3.05, 3.63) is 252 Å². The van der Waals surface area contributed by atoms with Gasteiger partial charge in [-0.25, -0.2) is 9.97 Å². The van der Waals surface area contributed by atoms with E-state index in [1.807, 2.05) is 0 Å². The molecule has 1 heterocycles. The highest BCUT2D eigenvalue weighted by Gasteiger charge is 2.46. The molecule has 0 radical (unpaired) electrons. The number of aromatic nitrogens is 2. The lowest BCUT2D eigenvalue weighted by molar-refractivity contribution is 0.660. The molecular formula is C60H42N2. The van der Waals surface area contributed by atoms with Crippen LogP contribution in [0.3, 0.4) is 0 Å². The third-order valence-electron chi connectivity index (χ3n) is 13.6. The van der Waals surface area contributed by atoms with Gasteiger partial charge in [0, 0.05) is 22.1 Å². The van der Waals surface area contributed by atoms with E-state index >= 15 is 0 Å². The summed E-state index contributed by atoms with van der Waals surface area (Å²) in [6, 6.07) is 79.6. The summed E-state index contributed by atoms with van der Waals surface area (Å²) >= 11 is 0. The minimum absolute atomic E-state index is 0.0814. The molecular weight excluding hydrogens is 749 g/mol. The molecule has 0 fully saturated rings. The Balaban J connectivity index is 1.05. The maximum atomic E-state index is 5.50. The molecule has 9 aromatic carbocycles. The van der Waals surface area contributed by atoms with Crippen LogP contribution in [-0.4, -0.2) is 9.97 Å². The van der Waals surface area contributed by atoms with E-state index in [0.29, 0.717) is 5.82 Å². The van der Waals surface area contributed by atoms with Crippen molar-refractivity contribution in [1.82, 2.24) is 9.97 Å². The Labute approximate surface area is 362 Å². The smallest absolute Gasteiger partial charge is 0.161 e. The molecule has 0 aliphatic heterocycles. The molecule has 1 aromatic heterocycles. The number of hydrogen-bond acceptors (Lipinski definition) is 2. The summed E-state index contributed by atoms with van der Waals surface area (Å²) in [6.07, 6.45) is 0. The molecule has 0 amide bonds. The van der Waals surface area contributed by atoms with Crippen molar-refractivity contribution in [2.45, 2.75) is 24.7 Å². The molecule has 62 heavy (non-hydrogen) atoms. The molecule has 0 spiro atoms. The molecule has 2 aliphatic carbocycles. The first-order valence-electron chi connectivity index (χ1n) is 21.6. The SMILES string of the molecule is CC1(C)c2ccccc2-c2ccc(-c3ccc(-c4nc(-c5ccccc5)cc(-c5ccc6c(c5)C(c5ccccc5)(c5ccccc5)c5ccccc5-6)n4)c4ccccc34)cc21. The average Bonchev–Trinajstić information content (AvgIpc) is 3.76. The number of rotatable bonds is 6. The summed E-state index contributed by atoms with van der Waals surface area (Å²) < 4.78 is 0. The van der Waals surface area contributed by atoms with Crippen molar-refractivity contribution in [1.29, 1.82) is 0 Å². The van der Waals surface area contributed by atoms with Gasteiger partial charge in [0.05, 0.1) is 16.8 Å². The van der Waals surface area contributed by atoms with E-state index in [9.17, 15) is 0 Å². The second-order valence-electron chi connectivity index (χ2n) is 17.3. The van der Waals surface area contributed by atoms with Crippen molar-refractivity contribution < 1.29 is 0 Å². The fourth-order valence-corrected chi connectivity index (χ4v) is 10.7. The lowest BCUT2D eigenvalue weighted by Gasteiger charge is -2.34. The number of benzene rings is 9. The summed E-state index contributed by atoms with van der Waals surface area (Å²) in [6.45, 7) is 4.70. The highest BCUT2D eigenvalue weighted by molar-refractivity contribution is 6.05. The minimum Gasteiger partial charge on any atom is -0.228 e. The van der Waals surface area contributed by atoms with Gasteiger partial charge in [-0.2, -0.15) is 0 Å². The molecule has 0 atom stereocenters. The van der Waals surface area contributed by atoms with Crippen molar-refractivity contribution >= 4 is 10.8 Å². The molecule has 2 nitrogen and oxygen atoms in total. The standard InChI is InChI=1S/C60H42N2/c1-59(2)52-28-16-14-26-47(52)49-32-30-40(36-54(49)59)44-34-35-51(46-25-13-12-24-45(44)46)58-61-56(39-18-6-3-7-19-39)38-57(62-58)41-31-33-50-48-27-15-17-29-53(48)60(55(50)37-41,42-20-8-4-9-21-42)43-22-10-5-11-23-43/h3-38H,1-2H3. The van der Waals surface area contributed by atoms with Crippen LogP contribution in [0.25, 0.3) is 78.1 Å². The third-order valence-corrected chi connectivity index (χ3v) is 13.6. The van der Waals surface area contributed by atoms with E-state index in [1.54, 1.807) is 0 Å². The summed E-state index contributed by atoms with van der Waals surface area (Å²) in [7, 11) is 0. The Morgan fingerprint density at radius 2 is 0.758 bits per heavy atom. The third kappa shape index (κ3) is 5.36. The Morgan fingerprint density at radius 1 is 0.306 bits per heavy atom. The fraction of sp³-hybridized carbons (Fsp3) is 0.0667. The minimum atomic E-state index is -0.510. The van der Waals surface area contributed by atoms with E-state index in [-0.39, 0.29) is 5.41 Å². The largest absolute Gasteiger partial charge is 0.228 e. The van der Waals surface area contributed by atoms with Crippen LogP contribution in [0.15, 0.2) is 218 Å². The lowest BCUT2D eigenvalue weighted by Crippen LogP contribution is -2.28. The quantitative estimate of drug-likeness (QED) is 0.168.